The molecule has 0 N–H and O–H groups in total. The summed E-state index contributed by atoms with van der Waals surface area (Å²) >= 11 is 13.5. The molecule has 0 radical (unpaired) electrons. The van der Waals surface area contributed by atoms with Crippen LogP contribution < -0.4 is 0 Å². The van der Waals surface area contributed by atoms with Crippen molar-refractivity contribution >= 4 is 52.2 Å². The zero-order valence-corrected chi connectivity index (χ0v) is 19.6. The van der Waals surface area contributed by atoms with Crippen molar-refractivity contribution in [3.05, 3.63) is 91.6 Å². The van der Waals surface area contributed by atoms with Gasteiger partial charge in [-0.05, 0) is 79.6 Å². The zero-order chi connectivity index (χ0) is 22.3. The lowest BCUT2D eigenvalue weighted by Crippen LogP contribution is -2.27. The van der Waals surface area contributed by atoms with Crippen molar-refractivity contribution in [3.8, 4) is 5.69 Å². The van der Waals surface area contributed by atoms with Crippen molar-refractivity contribution < 1.29 is 9.59 Å². The Morgan fingerprint density at radius 1 is 0.968 bits per heavy atom. The zero-order valence-electron chi connectivity index (χ0n) is 17.3. The maximum atomic E-state index is 12.9. The third-order valence-electron chi connectivity index (χ3n) is 5.33. The molecular formula is C24H20Cl2N2O2S. The monoisotopic (exact) mass is 470 g/mol. The van der Waals surface area contributed by atoms with Gasteiger partial charge in [-0.2, -0.15) is 0 Å². The number of imide groups is 1. The first kappa shape index (κ1) is 21.8. The maximum Gasteiger partial charge on any atom is 0.293 e. The van der Waals surface area contributed by atoms with Gasteiger partial charge < -0.3 is 4.57 Å². The molecule has 0 unspecified atom stereocenters. The molecule has 1 aromatic heterocycles. The van der Waals surface area contributed by atoms with Gasteiger partial charge in [-0.1, -0.05) is 47.5 Å². The number of nitrogens with zero attached hydrogens (tertiary/aromatic N) is 2. The van der Waals surface area contributed by atoms with E-state index in [0.29, 0.717) is 15.0 Å². The molecule has 7 heteroatoms. The molecule has 2 amide bonds. The van der Waals surface area contributed by atoms with Crippen molar-refractivity contribution in [1.29, 1.82) is 0 Å². The van der Waals surface area contributed by atoms with Gasteiger partial charge in [0.1, 0.15) is 0 Å². The quantitative estimate of drug-likeness (QED) is 0.387. The van der Waals surface area contributed by atoms with Gasteiger partial charge in [-0.3, -0.25) is 14.5 Å². The van der Waals surface area contributed by atoms with Gasteiger partial charge in [-0.25, -0.2) is 0 Å². The summed E-state index contributed by atoms with van der Waals surface area (Å²) in [7, 11) is 0. The number of benzene rings is 2. The van der Waals surface area contributed by atoms with E-state index in [1.54, 1.807) is 12.1 Å². The van der Waals surface area contributed by atoms with Crippen molar-refractivity contribution in [2.75, 3.05) is 0 Å². The molecule has 0 spiro atoms. The van der Waals surface area contributed by atoms with E-state index in [9.17, 15) is 9.59 Å². The van der Waals surface area contributed by atoms with Gasteiger partial charge >= 0.3 is 0 Å². The molecule has 0 saturated carbocycles. The van der Waals surface area contributed by atoms with Crippen LogP contribution in [0.5, 0.6) is 0 Å². The molecule has 0 atom stereocenters. The highest BCUT2D eigenvalue weighted by molar-refractivity contribution is 8.18. The summed E-state index contributed by atoms with van der Waals surface area (Å²) in [6.45, 7) is 6.11. The number of amides is 2. The lowest BCUT2D eigenvalue weighted by Gasteiger charge is -2.13. The predicted octanol–water partition coefficient (Wildman–Crippen LogP) is 6.95. The molecule has 4 rings (SSSR count). The molecule has 1 aliphatic rings. The first-order valence-electron chi connectivity index (χ1n) is 9.70. The van der Waals surface area contributed by atoms with Crippen molar-refractivity contribution in [1.82, 2.24) is 9.47 Å². The van der Waals surface area contributed by atoms with Crippen molar-refractivity contribution in [3.63, 3.8) is 0 Å². The molecule has 1 aliphatic heterocycles. The lowest BCUT2D eigenvalue weighted by molar-refractivity contribution is -0.123. The van der Waals surface area contributed by atoms with E-state index in [4.69, 9.17) is 23.2 Å². The molecule has 0 aliphatic carbocycles. The summed E-state index contributed by atoms with van der Waals surface area (Å²) in [5.74, 6) is -0.307. The molecule has 2 heterocycles. The first-order chi connectivity index (χ1) is 14.8. The number of carbonyl (C=O) groups excluding carboxylic acids is 2. The average molecular weight is 471 g/mol. The van der Waals surface area contributed by atoms with E-state index < -0.39 is 0 Å². The number of carbonyl (C=O) groups is 2. The highest BCUT2D eigenvalue weighted by Crippen LogP contribution is 2.35. The number of thioether (sulfide) groups is 1. The van der Waals surface area contributed by atoms with Gasteiger partial charge in [0.2, 0.25) is 0 Å². The fourth-order valence-electron chi connectivity index (χ4n) is 3.63. The molecule has 1 fully saturated rings. The average Bonchev–Trinajstić information content (AvgIpc) is 3.15. The summed E-state index contributed by atoms with van der Waals surface area (Å²) in [6.07, 6.45) is 1.78. The Kier molecular flexibility index (Phi) is 6.02. The Bertz CT molecular complexity index is 1250. The lowest BCUT2D eigenvalue weighted by atomic mass is 10.2. The van der Waals surface area contributed by atoms with Crippen LogP contribution in [0.15, 0.2) is 53.4 Å². The van der Waals surface area contributed by atoms with Crippen LogP contribution in [0.2, 0.25) is 10.0 Å². The number of rotatable bonds is 4. The predicted molar refractivity (Wildman–Crippen MR) is 128 cm³/mol. The number of hydrogen-bond donors (Lipinski definition) is 0. The van der Waals surface area contributed by atoms with E-state index in [0.717, 1.165) is 45.5 Å². The summed E-state index contributed by atoms with van der Waals surface area (Å²) in [4.78, 5) is 27.1. The SMILES string of the molecule is Cc1ccc(-n2c(C)cc(/C=C3\SC(=O)N(Cc4ccccc4Cl)C3=O)c2C)cc1Cl. The maximum absolute atomic E-state index is 12.9. The second kappa shape index (κ2) is 8.58. The molecular weight excluding hydrogens is 451 g/mol. The smallest absolute Gasteiger partial charge is 0.293 e. The largest absolute Gasteiger partial charge is 0.318 e. The molecule has 4 nitrogen and oxygen atoms in total. The highest BCUT2D eigenvalue weighted by Gasteiger charge is 2.35. The van der Waals surface area contributed by atoms with Crippen molar-refractivity contribution in [2.45, 2.75) is 27.3 Å². The van der Waals surface area contributed by atoms with Crippen LogP contribution in [0.25, 0.3) is 11.8 Å². The number of aromatic nitrogens is 1. The van der Waals surface area contributed by atoms with E-state index >= 15 is 0 Å². The molecule has 2 aromatic carbocycles. The minimum atomic E-state index is -0.307. The Balaban J connectivity index is 1.65. The Hall–Kier alpha value is -2.47. The molecule has 31 heavy (non-hydrogen) atoms. The molecule has 1 saturated heterocycles. The fourth-order valence-corrected chi connectivity index (χ4v) is 4.83. The van der Waals surface area contributed by atoms with Gasteiger partial charge in [0, 0.05) is 27.1 Å². The summed E-state index contributed by atoms with van der Waals surface area (Å²) < 4.78 is 2.09. The molecule has 158 valence electrons. The molecule has 0 bridgehead atoms. The number of aryl methyl sites for hydroxylation is 2. The van der Waals surface area contributed by atoms with E-state index in [1.807, 2.05) is 63.2 Å². The van der Waals surface area contributed by atoms with E-state index in [2.05, 4.69) is 4.57 Å². The van der Waals surface area contributed by atoms with E-state index in [1.165, 1.54) is 4.90 Å². The summed E-state index contributed by atoms with van der Waals surface area (Å²) in [6, 6.07) is 15.1. The Labute approximate surface area is 195 Å². The van der Waals surface area contributed by atoms with Gasteiger partial charge in [-0.15, -0.1) is 0 Å². The first-order valence-corrected chi connectivity index (χ1v) is 11.3. The highest BCUT2D eigenvalue weighted by atomic mass is 35.5. The third-order valence-corrected chi connectivity index (χ3v) is 7.01. The second-order valence-electron chi connectivity index (χ2n) is 7.45. The van der Waals surface area contributed by atoms with Crippen LogP contribution in [0.4, 0.5) is 4.79 Å². The van der Waals surface area contributed by atoms with E-state index in [-0.39, 0.29) is 17.7 Å². The summed E-state index contributed by atoms with van der Waals surface area (Å²) in [5.41, 5.74) is 5.58. The van der Waals surface area contributed by atoms with Gasteiger partial charge in [0.25, 0.3) is 11.1 Å². The Morgan fingerprint density at radius 3 is 2.42 bits per heavy atom. The normalized spacial score (nSPS) is 15.4. The topological polar surface area (TPSA) is 42.3 Å². The van der Waals surface area contributed by atoms with Crippen LogP contribution in [0.1, 0.15) is 28.1 Å². The second-order valence-corrected chi connectivity index (χ2v) is 9.26. The third kappa shape index (κ3) is 4.18. The van der Waals surface area contributed by atoms with Gasteiger partial charge in [0.15, 0.2) is 0 Å². The fraction of sp³-hybridized carbons (Fsp3) is 0.167. The minimum Gasteiger partial charge on any atom is -0.318 e. The standard InChI is InChI=1S/C24H20Cl2N2O2S/c1-14-8-9-19(12-21(14)26)28-15(2)10-18(16(28)3)11-22-23(29)27(24(30)31-22)13-17-6-4-5-7-20(17)25/h4-12H,13H2,1-3H3/b22-11-. The minimum absolute atomic E-state index is 0.155. The summed E-state index contributed by atoms with van der Waals surface area (Å²) in [5, 5.41) is 0.938. The van der Waals surface area contributed by atoms with Crippen LogP contribution in [-0.4, -0.2) is 20.6 Å². The van der Waals surface area contributed by atoms with Crippen LogP contribution >= 0.6 is 35.0 Å². The van der Waals surface area contributed by atoms with Crippen LogP contribution in [0, 0.1) is 20.8 Å². The van der Waals surface area contributed by atoms with Gasteiger partial charge in [0.05, 0.1) is 11.4 Å². The van der Waals surface area contributed by atoms with Crippen LogP contribution in [-0.2, 0) is 11.3 Å². The number of hydrogen-bond acceptors (Lipinski definition) is 3. The van der Waals surface area contributed by atoms with Crippen molar-refractivity contribution in [2.24, 2.45) is 0 Å². The number of halogens is 2. The Morgan fingerprint density at radius 2 is 1.71 bits per heavy atom. The molecule has 3 aromatic rings. The van der Waals surface area contributed by atoms with Crippen LogP contribution in [0.3, 0.4) is 0 Å².